The van der Waals surface area contributed by atoms with Crippen molar-refractivity contribution in [3.8, 4) is 0 Å². The molecular formula is C24H25FN6O. The number of rotatable bonds is 6. The number of piperazine rings is 1. The highest BCUT2D eigenvalue weighted by atomic mass is 19.1. The average molecular weight is 433 g/mol. The number of halogens is 1. The van der Waals surface area contributed by atoms with Crippen LogP contribution < -0.4 is 4.90 Å². The van der Waals surface area contributed by atoms with Gasteiger partial charge < -0.3 is 9.32 Å². The molecule has 8 heteroatoms. The van der Waals surface area contributed by atoms with E-state index in [0.717, 1.165) is 43.3 Å². The Kier molecular flexibility index (Phi) is 5.68. The van der Waals surface area contributed by atoms with Gasteiger partial charge >= 0.3 is 0 Å². The highest BCUT2D eigenvalue weighted by molar-refractivity contribution is 5.48. The first-order chi connectivity index (χ1) is 15.7. The third-order valence-electron chi connectivity index (χ3n) is 5.96. The van der Waals surface area contributed by atoms with Crippen LogP contribution in [0.2, 0.25) is 0 Å². The first kappa shape index (κ1) is 20.4. The lowest BCUT2D eigenvalue weighted by Gasteiger charge is -2.40. The van der Waals surface area contributed by atoms with Gasteiger partial charge in [0.25, 0.3) is 0 Å². The second-order valence-electron chi connectivity index (χ2n) is 8.06. The van der Waals surface area contributed by atoms with E-state index in [4.69, 9.17) is 4.42 Å². The Hall–Kier alpha value is -3.52. The summed E-state index contributed by atoms with van der Waals surface area (Å²) in [6.07, 6.45) is 1.65. The van der Waals surface area contributed by atoms with E-state index in [2.05, 4.69) is 56.5 Å². The van der Waals surface area contributed by atoms with Crippen LogP contribution in [0.4, 0.5) is 10.1 Å². The Bertz CT molecular complexity index is 1150. The largest absolute Gasteiger partial charge is 0.467 e. The molecule has 1 atom stereocenters. The van der Waals surface area contributed by atoms with Crippen molar-refractivity contribution >= 4 is 5.69 Å². The molecule has 164 valence electrons. The van der Waals surface area contributed by atoms with Crippen LogP contribution in [0.25, 0.3) is 0 Å². The van der Waals surface area contributed by atoms with Crippen molar-refractivity contribution in [3.05, 3.63) is 95.5 Å². The Labute approximate surface area is 186 Å². The third-order valence-corrected chi connectivity index (χ3v) is 5.96. The van der Waals surface area contributed by atoms with E-state index in [1.54, 1.807) is 17.0 Å². The van der Waals surface area contributed by atoms with Crippen LogP contribution in [0.15, 0.2) is 71.3 Å². The summed E-state index contributed by atoms with van der Waals surface area (Å²) in [5.74, 6) is 1.38. The molecule has 32 heavy (non-hydrogen) atoms. The zero-order chi connectivity index (χ0) is 21.9. The van der Waals surface area contributed by atoms with Crippen LogP contribution in [0.5, 0.6) is 0 Å². The van der Waals surface area contributed by atoms with E-state index in [9.17, 15) is 4.39 Å². The Morgan fingerprint density at radius 3 is 2.47 bits per heavy atom. The molecule has 1 saturated heterocycles. The number of hydrogen-bond donors (Lipinski definition) is 0. The minimum absolute atomic E-state index is 0.108. The summed E-state index contributed by atoms with van der Waals surface area (Å²) in [7, 11) is 0. The summed E-state index contributed by atoms with van der Waals surface area (Å²) >= 11 is 0. The number of anilines is 1. The molecule has 0 aliphatic carbocycles. The van der Waals surface area contributed by atoms with E-state index in [0.29, 0.717) is 12.2 Å². The number of aromatic nitrogens is 4. The number of tetrazole rings is 1. The maximum Gasteiger partial charge on any atom is 0.173 e. The standard InChI is InChI=1S/C24H25FN6O/c1-18-8-10-19(11-9-18)23(24-26-27-28-31(24)17-20-5-4-16-32-20)30-14-12-29(13-15-30)22-7-3-2-6-21(22)25/h2-11,16,23H,12-15,17H2,1H3. The summed E-state index contributed by atoms with van der Waals surface area (Å²) in [5, 5.41) is 12.6. The Morgan fingerprint density at radius 2 is 1.75 bits per heavy atom. The second kappa shape index (κ2) is 8.92. The van der Waals surface area contributed by atoms with Crippen molar-refractivity contribution in [2.75, 3.05) is 31.1 Å². The van der Waals surface area contributed by atoms with Crippen molar-refractivity contribution in [2.24, 2.45) is 0 Å². The molecule has 0 amide bonds. The number of hydrogen-bond acceptors (Lipinski definition) is 6. The fourth-order valence-corrected chi connectivity index (χ4v) is 4.27. The van der Waals surface area contributed by atoms with Gasteiger partial charge in [0.15, 0.2) is 5.82 Å². The number of furan rings is 1. The fraction of sp³-hybridized carbons (Fsp3) is 0.292. The molecule has 7 nitrogen and oxygen atoms in total. The lowest BCUT2D eigenvalue weighted by molar-refractivity contribution is 0.200. The van der Waals surface area contributed by atoms with Crippen LogP contribution in [0.1, 0.15) is 28.8 Å². The molecule has 2 aromatic carbocycles. The first-order valence-electron chi connectivity index (χ1n) is 10.8. The topological polar surface area (TPSA) is 63.2 Å². The smallest absolute Gasteiger partial charge is 0.173 e. The van der Waals surface area contributed by atoms with Gasteiger partial charge in [-0.25, -0.2) is 9.07 Å². The molecule has 0 N–H and O–H groups in total. The van der Waals surface area contributed by atoms with Gasteiger partial charge in [-0.1, -0.05) is 42.0 Å². The van der Waals surface area contributed by atoms with Gasteiger partial charge in [-0.15, -0.1) is 5.10 Å². The van der Waals surface area contributed by atoms with Gasteiger partial charge in [0.1, 0.15) is 18.1 Å². The van der Waals surface area contributed by atoms with E-state index < -0.39 is 0 Å². The summed E-state index contributed by atoms with van der Waals surface area (Å²) in [6, 6.07) is 19.1. The molecule has 0 bridgehead atoms. The van der Waals surface area contributed by atoms with Crippen molar-refractivity contribution in [2.45, 2.75) is 19.5 Å². The second-order valence-corrected chi connectivity index (χ2v) is 8.06. The Balaban J connectivity index is 1.43. The molecule has 1 unspecified atom stereocenters. The lowest BCUT2D eigenvalue weighted by Crippen LogP contribution is -2.48. The quantitative estimate of drug-likeness (QED) is 0.463. The van der Waals surface area contributed by atoms with Gasteiger partial charge in [0.05, 0.1) is 18.0 Å². The fourth-order valence-electron chi connectivity index (χ4n) is 4.27. The SMILES string of the molecule is Cc1ccc(C(c2nnnn2Cc2ccco2)N2CCN(c3ccccc3F)CC2)cc1. The molecule has 1 aliphatic rings. The minimum Gasteiger partial charge on any atom is -0.467 e. The third kappa shape index (κ3) is 4.13. The molecule has 3 heterocycles. The van der Waals surface area contributed by atoms with Gasteiger partial charge in [-0.3, -0.25) is 4.90 Å². The van der Waals surface area contributed by atoms with Crippen molar-refractivity contribution in [1.82, 2.24) is 25.1 Å². The van der Waals surface area contributed by atoms with Crippen LogP contribution in [-0.4, -0.2) is 51.3 Å². The number of nitrogens with zero attached hydrogens (tertiary/aromatic N) is 6. The van der Waals surface area contributed by atoms with Gasteiger partial charge in [0, 0.05) is 26.2 Å². The molecule has 5 rings (SSSR count). The normalized spacial score (nSPS) is 15.8. The zero-order valence-corrected chi connectivity index (χ0v) is 17.9. The molecule has 4 aromatic rings. The van der Waals surface area contributed by atoms with E-state index in [-0.39, 0.29) is 11.9 Å². The van der Waals surface area contributed by atoms with Crippen molar-refractivity contribution in [3.63, 3.8) is 0 Å². The molecule has 0 saturated carbocycles. The molecule has 0 radical (unpaired) electrons. The number of aryl methyl sites for hydroxylation is 1. The molecular weight excluding hydrogens is 407 g/mol. The van der Waals surface area contributed by atoms with Gasteiger partial charge in [-0.05, 0) is 47.2 Å². The summed E-state index contributed by atoms with van der Waals surface area (Å²) in [6.45, 7) is 5.52. The predicted octanol–water partition coefficient (Wildman–Crippen LogP) is 3.67. The van der Waals surface area contributed by atoms with E-state index in [1.165, 1.54) is 11.6 Å². The summed E-state index contributed by atoms with van der Waals surface area (Å²) in [5.41, 5.74) is 2.99. The van der Waals surface area contributed by atoms with Gasteiger partial charge in [-0.2, -0.15) is 0 Å². The van der Waals surface area contributed by atoms with Crippen LogP contribution in [0.3, 0.4) is 0 Å². The highest BCUT2D eigenvalue weighted by Gasteiger charge is 2.31. The lowest BCUT2D eigenvalue weighted by atomic mass is 10.0. The number of benzene rings is 2. The molecule has 0 spiro atoms. The molecule has 1 fully saturated rings. The van der Waals surface area contributed by atoms with Gasteiger partial charge in [0.2, 0.25) is 0 Å². The van der Waals surface area contributed by atoms with Crippen molar-refractivity contribution < 1.29 is 8.81 Å². The molecule has 1 aliphatic heterocycles. The highest BCUT2D eigenvalue weighted by Crippen LogP contribution is 2.30. The van der Waals surface area contributed by atoms with Crippen molar-refractivity contribution in [1.29, 1.82) is 0 Å². The monoisotopic (exact) mass is 432 g/mol. The Morgan fingerprint density at radius 1 is 0.969 bits per heavy atom. The first-order valence-corrected chi connectivity index (χ1v) is 10.8. The van der Waals surface area contributed by atoms with Crippen LogP contribution in [0, 0.1) is 12.7 Å². The maximum absolute atomic E-state index is 14.3. The molecule has 2 aromatic heterocycles. The maximum atomic E-state index is 14.3. The van der Waals surface area contributed by atoms with E-state index >= 15 is 0 Å². The zero-order valence-electron chi connectivity index (χ0n) is 17.9. The minimum atomic E-state index is -0.182. The van der Waals surface area contributed by atoms with Crippen LogP contribution in [-0.2, 0) is 6.54 Å². The summed E-state index contributed by atoms with van der Waals surface area (Å²) < 4.78 is 21.6. The van der Waals surface area contributed by atoms with Crippen LogP contribution >= 0.6 is 0 Å². The number of para-hydroxylation sites is 1. The summed E-state index contributed by atoms with van der Waals surface area (Å²) in [4.78, 5) is 4.47. The van der Waals surface area contributed by atoms with E-state index in [1.807, 2.05) is 24.3 Å². The average Bonchev–Trinajstić information content (AvgIpc) is 3.49. The predicted molar refractivity (Wildman–Crippen MR) is 119 cm³/mol.